The number of anilines is 1. The molecule has 1 aliphatic carbocycles. The molecule has 3 rings (SSSR count). The molecule has 0 atom stereocenters. The van der Waals surface area contributed by atoms with Crippen LogP contribution in [-0.4, -0.2) is 58.2 Å². The smallest absolute Gasteiger partial charge is 0.341 e. The first kappa shape index (κ1) is 24.1. The maximum atomic E-state index is 12.3. The number of thiophene rings is 1. The average molecular weight is 477 g/mol. The van der Waals surface area contributed by atoms with Crippen LogP contribution in [0.25, 0.3) is 0 Å². The normalized spacial score (nSPS) is 11.8. The molecule has 0 bridgehead atoms. The van der Waals surface area contributed by atoms with Gasteiger partial charge in [-0.15, -0.1) is 11.3 Å². The Morgan fingerprint density at radius 1 is 1.00 bits per heavy atom. The number of amides is 2. The van der Waals surface area contributed by atoms with Crippen molar-refractivity contribution in [3.8, 4) is 11.5 Å². The molecule has 10 nitrogen and oxygen atoms in total. The summed E-state index contributed by atoms with van der Waals surface area (Å²) in [5.74, 6) is -1.61. The predicted octanol–water partition coefficient (Wildman–Crippen LogP) is 1.95. The topological polar surface area (TPSA) is 129 Å². The molecule has 0 saturated heterocycles. The summed E-state index contributed by atoms with van der Waals surface area (Å²) >= 11 is 1.32. The molecule has 1 aromatic heterocycles. The van der Waals surface area contributed by atoms with E-state index in [0.717, 1.165) is 29.7 Å². The zero-order chi connectivity index (χ0) is 24.0. The van der Waals surface area contributed by atoms with Gasteiger partial charge in [0.15, 0.2) is 6.61 Å². The van der Waals surface area contributed by atoms with Gasteiger partial charge < -0.3 is 29.6 Å². The van der Waals surface area contributed by atoms with Crippen LogP contribution in [0.2, 0.25) is 0 Å². The maximum absolute atomic E-state index is 12.3. The van der Waals surface area contributed by atoms with E-state index in [9.17, 15) is 19.2 Å². The molecule has 0 radical (unpaired) electrons. The van der Waals surface area contributed by atoms with E-state index in [4.69, 9.17) is 18.9 Å². The summed E-state index contributed by atoms with van der Waals surface area (Å²) in [5, 5.41) is 5.41. The molecular weight excluding hydrogens is 452 g/mol. The van der Waals surface area contributed by atoms with E-state index in [1.165, 1.54) is 44.8 Å². The first-order valence-electron chi connectivity index (χ1n) is 10.1. The summed E-state index contributed by atoms with van der Waals surface area (Å²) in [5.41, 5.74) is 1.49. The number of methoxy groups -OCH3 is 3. The van der Waals surface area contributed by atoms with Gasteiger partial charge in [0.2, 0.25) is 0 Å². The Hall–Kier alpha value is -3.60. The molecule has 0 spiro atoms. The van der Waals surface area contributed by atoms with Gasteiger partial charge in [0, 0.05) is 16.5 Å². The third kappa shape index (κ3) is 5.80. The highest BCUT2D eigenvalue weighted by atomic mass is 32.1. The first-order chi connectivity index (χ1) is 15.9. The third-order valence-corrected chi connectivity index (χ3v) is 6.14. The van der Waals surface area contributed by atoms with E-state index in [1.807, 2.05) is 0 Å². The quantitative estimate of drug-likeness (QED) is 0.526. The van der Waals surface area contributed by atoms with Crippen LogP contribution < -0.4 is 20.1 Å². The molecule has 2 aromatic rings. The second kappa shape index (κ2) is 10.8. The maximum Gasteiger partial charge on any atom is 0.341 e. The van der Waals surface area contributed by atoms with E-state index in [1.54, 1.807) is 6.07 Å². The Balaban J connectivity index is 1.51. The highest BCUT2D eigenvalue weighted by molar-refractivity contribution is 7.17. The second-order valence-electron chi connectivity index (χ2n) is 7.05. The predicted molar refractivity (Wildman–Crippen MR) is 119 cm³/mol. The molecule has 1 aromatic carbocycles. The second-order valence-corrected chi connectivity index (χ2v) is 8.15. The molecule has 0 saturated carbocycles. The van der Waals surface area contributed by atoms with Crippen molar-refractivity contribution in [3.63, 3.8) is 0 Å². The molecule has 2 N–H and O–H groups in total. The van der Waals surface area contributed by atoms with Crippen LogP contribution in [0.5, 0.6) is 11.5 Å². The summed E-state index contributed by atoms with van der Waals surface area (Å²) < 4.78 is 20.0. The number of rotatable bonds is 9. The van der Waals surface area contributed by atoms with Crippen molar-refractivity contribution in [3.05, 3.63) is 39.8 Å². The molecule has 1 aliphatic rings. The number of nitrogens with one attached hydrogen (secondary N) is 2. The molecule has 11 heteroatoms. The Morgan fingerprint density at radius 2 is 1.70 bits per heavy atom. The van der Waals surface area contributed by atoms with Crippen LogP contribution in [0.4, 0.5) is 5.00 Å². The lowest BCUT2D eigenvalue weighted by Crippen LogP contribution is -2.32. The third-order valence-electron chi connectivity index (χ3n) is 4.93. The molecule has 0 aliphatic heterocycles. The largest absolute Gasteiger partial charge is 0.497 e. The van der Waals surface area contributed by atoms with Gasteiger partial charge in [-0.2, -0.15) is 0 Å². The number of fused-ring (bicyclic) bond motifs is 1. The molecule has 2 amide bonds. The van der Waals surface area contributed by atoms with E-state index >= 15 is 0 Å². The molecule has 0 fully saturated rings. The minimum absolute atomic E-state index is 0.234. The van der Waals surface area contributed by atoms with Crippen molar-refractivity contribution in [1.82, 2.24) is 5.32 Å². The van der Waals surface area contributed by atoms with Crippen LogP contribution in [0.1, 0.15) is 37.6 Å². The average Bonchev–Trinajstić information content (AvgIpc) is 3.41. The van der Waals surface area contributed by atoms with Crippen LogP contribution in [-0.2, 0) is 31.9 Å². The number of ether oxygens (including phenoxy) is 4. The van der Waals surface area contributed by atoms with Crippen LogP contribution >= 0.6 is 11.3 Å². The van der Waals surface area contributed by atoms with Crippen molar-refractivity contribution in [2.24, 2.45) is 0 Å². The van der Waals surface area contributed by atoms with Crippen molar-refractivity contribution >= 4 is 40.1 Å². The van der Waals surface area contributed by atoms with Gasteiger partial charge in [-0.3, -0.25) is 14.4 Å². The standard InChI is InChI=1S/C22H24N2O8S/c1-29-13-7-12(8-14(9-13)30-2)20(27)23-10-18(26)32-11-17(25)24-21-19(22(28)31-3)15-5-4-6-16(15)33-21/h7-9H,4-6,10-11H2,1-3H3,(H,23,27)(H,24,25). The Bertz CT molecular complexity index is 1060. The monoisotopic (exact) mass is 476 g/mol. The Morgan fingerprint density at radius 3 is 2.33 bits per heavy atom. The fraction of sp³-hybridized carbons (Fsp3) is 0.364. The van der Waals surface area contributed by atoms with E-state index < -0.39 is 36.9 Å². The number of benzene rings is 1. The number of hydrogen-bond donors (Lipinski definition) is 2. The van der Waals surface area contributed by atoms with Crippen LogP contribution in [0.15, 0.2) is 18.2 Å². The lowest BCUT2D eigenvalue weighted by Gasteiger charge is -2.10. The number of esters is 2. The minimum Gasteiger partial charge on any atom is -0.497 e. The zero-order valence-electron chi connectivity index (χ0n) is 18.4. The van der Waals surface area contributed by atoms with Crippen molar-refractivity contribution in [2.45, 2.75) is 19.3 Å². The van der Waals surface area contributed by atoms with Crippen LogP contribution in [0, 0.1) is 0 Å². The van der Waals surface area contributed by atoms with Gasteiger partial charge in [-0.1, -0.05) is 0 Å². The first-order valence-corrected chi connectivity index (χ1v) is 10.9. The molecule has 176 valence electrons. The molecule has 33 heavy (non-hydrogen) atoms. The number of aryl methyl sites for hydroxylation is 1. The lowest BCUT2D eigenvalue weighted by molar-refractivity contribution is -0.146. The summed E-state index contributed by atoms with van der Waals surface area (Å²) in [6.45, 7) is -1.00. The Kier molecular flexibility index (Phi) is 7.88. The van der Waals surface area contributed by atoms with Crippen molar-refractivity contribution < 1.29 is 38.1 Å². The van der Waals surface area contributed by atoms with E-state index in [0.29, 0.717) is 22.1 Å². The zero-order valence-corrected chi connectivity index (χ0v) is 19.3. The lowest BCUT2D eigenvalue weighted by atomic mass is 10.1. The molecule has 1 heterocycles. The highest BCUT2D eigenvalue weighted by Gasteiger charge is 2.28. The van der Waals surface area contributed by atoms with Gasteiger partial charge in [0.25, 0.3) is 11.8 Å². The van der Waals surface area contributed by atoms with Gasteiger partial charge >= 0.3 is 11.9 Å². The number of carbonyl (C=O) groups excluding carboxylic acids is 4. The van der Waals surface area contributed by atoms with Gasteiger partial charge in [0.1, 0.15) is 23.0 Å². The van der Waals surface area contributed by atoms with Gasteiger partial charge in [-0.25, -0.2) is 4.79 Å². The summed E-state index contributed by atoms with van der Waals surface area (Å²) in [7, 11) is 4.19. The van der Waals surface area contributed by atoms with E-state index in [2.05, 4.69) is 10.6 Å². The van der Waals surface area contributed by atoms with Crippen LogP contribution in [0.3, 0.4) is 0 Å². The number of hydrogen-bond acceptors (Lipinski definition) is 9. The van der Waals surface area contributed by atoms with Crippen molar-refractivity contribution in [1.29, 1.82) is 0 Å². The fourth-order valence-corrected chi connectivity index (χ4v) is 4.66. The molecule has 0 unspecified atom stereocenters. The summed E-state index contributed by atoms with van der Waals surface area (Å²) in [6.07, 6.45) is 2.54. The fourth-order valence-electron chi connectivity index (χ4n) is 3.36. The highest BCUT2D eigenvalue weighted by Crippen LogP contribution is 2.39. The van der Waals surface area contributed by atoms with Gasteiger partial charge in [-0.05, 0) is 37.0 Å². The summed E-state index contributed by atoms with van der Waals surface area (Å²) in [4.78, 5) is 49.7. The SMILES string of the molecule is COC(=O)c1c(NC(=O)COC(=O)CNC(=O)c2cc(OC)cc(OC)c2)sc2c1CCC2. The van der Waals surface area contributed by atoms with Gasteiger partial charge in [0.05, 0.1) is 26.9 Å². The summed E-state index contributed by atoms with van der Waals surface area (Å²) in [6, 6.07) is 4.60. The number of carbonyl (C=O) groups is 4. The Labute approximate surface area is 194 Å². The van der Waals surface area contributed by atoms with E-state index in [-0.39, 0.29) is 5.56 Å². The molecular formula is C22H24N2O8S. The minimum atomic E-state index is -0.796. The van der Waals surface area contributed by atoms with Crippen molar-refractivity contribution in [2.75, 3.05) is 39.8 Å².